The lowest BCUT2D eigenvalue weighted by Crippen LogP contribution is -2.45. The zero-order valence-corrected chi connectivity index (χ0v) is 13.8. The number of para-hydroxylation sites is 1. The molecule has 0 spiro atoms. The summed E-state index contributed by atoms with van der Waals surface area (Å²) in [5.41, 5.74) is 3.00. The Kier molecular flexibility index (Phi) is 4.54. The Balaban J connectivity index is 1.85. The number of hydrogen-bond acceptors (Lipinski definition) is 2. The largest absolute Gasteiger partial charge is 0.368 e. The number of hydrogen-bond donors (Lipinski definition) is 1. The fourth-order valence-electron chi connectivity index (χ4n) is 4.58. The van der Waals surface area contributed by atoms with E-state index < -0.39 is 0 Å². The van der Waals surface area contributed by atoms with Gasteiger partial charge >= 0.3 is 0 Å². The highest BCUT2D eigenvalue weighted by Gasteiger charge is 2.32. The summed E-state index contributed by atoms with van der Waals surface area (Å²) < 4.78 is 0. The zero-order valence-electron chi connectivity index (χ0n) is 13.8. The molecule has 2 heteroatoms. The number of nitrogens with zero attached hydrogens (tertiary/aromatic N) is 1. The van der Waals surface area contributed by atoms with Crippen LogP contribution in [0.5, 0.6) is 0 Å². The molecule has 1 aliphatic carbocycles. The van der Waals surface area contributed by atoms with Crippen molar-refractivity contribution < 1.29 is 0 Å². The molecule has 116 valence electrons. The second-order valence-electron chi connectivity index (χ2n) is 7.22. The summed E-state index contributed by atoms with van der Waals surface area (Å²) in [6, 6.07) is 10.3. The van der Waals surface area contributed by atoms with E-state index >= 15 is 0 Å². The van der Waals surface area contributed by atoms with Gasteiger partial charge in [-0.25, -0.2) is 0 Å². The molecule has 0 bridgehead atoms. The van der Waals surface area contributed by atoms with Crippen molar-refractivity contribution in [2.24, 2.45) is 11.8 Å². The molecule has 1 aromatic carbocycles. The molecule has 1 N–H and O–H groups in total. The average Bonchev–Trinajstić information content (AvgIpc) is 2.47. The molecule has 0 aromatic heterocycles. The van der Waals surface area contributed by atoms with Gasteiger partial charge in [-0.1, -0.05) is 39.0 Å². The normalized spacial score (nSPS) is 32.8. The maximum atomic E-state index is 3.66. The number of anilines is 1. The van der Waals surface area contributed by atoms with E-state index in [-0.39, 0.29) is 0 Å². The van der Waals surface area contributed by atoms with Crippen molar-refractivity contribution in [3.63, 3.8) is 0 Å². The van der Waals surface area contributed by atoms with Gasteiger partial charge in [0.2, 0.25) is 0 Å². The Hall–Kier alpha value is -1.02. The molecule has 2 aliphatic rings. The number of nitrogens with one attached hydrogen (secondary N) is 1. The molecular formula is C19H30N2. The first-order chi connectivity index (χ1) is 10.2. The molecule has 3 atom stereocenters. The minimum absolute atomic E-state index is 0.542. The Morgan fingerprint density at radius 3 is 2.52 bits per heavy atom. The fraction of sp³-hybridized carbons (Fsp3) is 0.684. The quantitative estimate of drug-likeness (QED) is 0.887. The standard InChI is InChI=1S/C19H30N2/c1-4-20-18-9-10-21(19-8-6-5-7-17(18)19)16-12-14(2)11-15(3)13-16/h5-8,14-16,18,20H,4,9-13H2,1-3H3. The third-order valence-corrected chi connectivity index (χ3v) is 5.33. The van der Waals surface area contributed by atoms with Crippen molar-refractivity contribution in [2.75, 3.05) is 18.0 Å². The van der Waals surface area contributed by atoms with E-state index in [1.54, 1.807) is 0 Å². The van der Waals surface area contributed by atoms with E-state index in [4.69, 9.17) is 0 Å². The van der Waals surface area contributed by atoms with Gasteiger partial charge in [-0.05, 0) is 55.7 Å². The molecular weight excluding hydrogens is 256 g/mol. The van der Waals surface area contributed by atoms with Gasteiger partial charge in [0.15, 0.2) is 0 Å². The van der Waals surface area contributed by atoms with Gasteiger partial charge in [-0.3, -0.25) is 0 Å². The van der Waals surface area contributed by atoms with Gasteiger partial charge in [0, 0.05) is 24.3 Å². The van der Waals surface area contributed by atoms with Crippen LogP contribution in [-0.2, 0) is 0 Å². The Bertz CT molecular complexity index is 460. The molecule has 1 heterocycles. The molecule has 0 radical (unpaired) electrons. The Labute approximate surface area is 129 Å². The summed E-state index contributed by atoms with van der Waals surface area (Å²) >= 11 is 0. The van der Waals surface area contributed by atoms with Crippen LogP contribution in [0, 0.1) is 11.8 Å². The van der Waals surface area contributed by atoms with Crippen molar-refractivity contribution in [3.8, 4) is 0 Å². The highest BCUT2D eigenvalue weighted by molar-refractivity contribution is 5.57. The first-order valence-electron chi connectivity index (χ1n) is 8.78. The zero-order chi connectivity index (χ0) is 14.8. The number of rotatable bonds is 3. The van der Waals surface area contributed by atoms with Crippen LogP contribution in [0.25, 0.3) is 0 Å². The summed E-state index contributed by atoms with van der Waals surface area (Å²) in [5.74, 6) is 1.75. The van der Waals surface area contributed by atoms with Crippen molar-refractivity contribution >= 4 is 5.69 Å². The van der Waals surface area contributed by atoms with Gasteiger partial charge < -0.3 is 10.2 Å². The lowest BCUT2D eigenvalue weighted by molar-refractivity contribution is 0.255. The highest BCUT2D eigenvalue weighted by atomic mass is 15.2. The third kappa shape index (κ3) is 3.11. The van der Waals surface area contributed by atoms with Crippen LogP contribution in [0.1, 0.15) is 58.1 Å². The van der Waals surface area contributed by atoms with Gasteiger partial charge in [0.25, 0.3) is 0 Å². The number of benzene rings is 1. The lowest BCUT2D eigenvalue weighted by Gasteiger charge is -2.45. The summed E-state index contributed by atoms with van der Waals surface area (Å²) in [5, 5.41) is 3.66. The lowest BCUT2D eigenvalue weighted by atomic mass is 9.79. The predicted octanol–water partition coefficient (Wildman–Crippen LogP) is 4.37. The molecule has 1 aromatic rings. The minimum Gasteiger partial charge on any atom is -0.368 e. The highest BCUT2D eigenvalue weighted by Crippen LogP contribution is 2.39. The summed E-state index contributed by atoms with van der Waals surface area (Å²) in [6.45, 7) is 9.33. The average molecular weight is 286 g/mol. The van der Waals surface area contributed by atoms with Crippen LogP contribution in [-0.4, -0.2) is 19.1 Å². The van der Waals surface area contributed by atoms with Gasteiger partial charge in [-0.2, -0.15) is 0 Å². The first kappa shape index (κ1) is 14.9. The molecule has 21 heavy (non-hydrogen) atoms. The fourth-order valence-corrected chi connectivity index (χ4v) is 4.58. The van der Waals surface area contributed by atoms with Crippen LogP contribution in [0.15, 0.2) is 24.3 Å². The maximum absolute atomic E-state index is 3.66. The Morgan fingerprint density at radius 1 is 1.10 bits per heavy atom. The maximum Gasteiger partial charge on any atom is 0.0417 e. The van der Waals surface area contributed by atoms with Crippen molar-refractivity contribution in [2.45, 2.75) is 58.5 Å². The predicted molar refractivity (Wildman–Crippen MR) is 90.8 cm³/mol. The van der Waals surface area contributed by atoms with E-state index in [0.29, 0.717) is 6.04 Å². The molecule has 1 fully saturated rings. The van der Waals surface area contributed by atoms with Crippen molar-refractivity contribution in [1.82, 2.24) is 5.32 Å². The molecule has 1 saturated carbocycles. The van der Waals surface area contributed by atoms with Crippen molar-refractivity contribution in [1.29, 1.82) is 0 Å². The van der Waals surface area contributed by atoms with Gasteiger partial charge in [0.05, 0.1) is 0 Å². The van der Waals surface area contributed by atoms with E-state index in [1.807, 2.05) is 0 Å². The molecule has 1 aliphatic heterocycles. The summed E-state index contributed by atoms with van der Waals surface area (Å²) in [6.07, 6.45) is 5.38. The summed E-state index contributed by atoms with van der Waals surface area (Å²) in [4.78, 5) is 2.72. The number of fused-ring (bicyclic) bond motifs is 1. The third-order valence-electron chi connectivity index (χ3n) is 5.33. The van der Waals surface area contributed by atoms with Crippen LogP contribution in [0.2, 0.25) is 0 Å². The topological polar surface area (TPSA) is 15.3 Å². The monoisotopic (exact) mass is 286 g/mol. The van der Waals surface area contributed by atoms with E-state index in [0.717, 1.165) is 24.4 Å². The van der Waals surface area contributed by atoms with Crippen LogP contribution < -0.4 is 10.2 Å². The second-order valence-corrected chi connectivity index (χ2v) is 7.22. The van der Waals surface area contributed by atoms with Crippen molar-refractivity contribution in [3.05, 3.63) is 29.8 Å². The van der Waals surface area contributed by atoms with E-state index in [2.05, 4.69) is 55.3 Å². The van der Waals surface area contributed by atoms with Gasteiger partial charge in [0.1, 0.15) is 0 Å². The Morgan fingerprint density at radius 2 is 1.81 bits per heavy atom. The smallest absolute Gasteiger partial charge is 0.0417 e. The molecule has 0 saturated heterocycles. The van der Waals surface area contributed by atoms with E-state index in [9.17, 15) is 0 Å². The summed E-state index contributed by atoms with van der Waals surface area (Å²) in [7, 11) is 0. The van der Waals surface area contributed by atoms with Crippen LogP contribution >= 0.6 is 0 Å². The SMILES string of the molecule is CCNC1CCN(C2CC(C)CC(C)C2)c2ccccc21. The van der Waals surface area contributed by atoms with E-state index in [1.165, 1.54) is 43.5 Å². The minimum atomic E-state index is 0.542. The molecule has 3 rings (SSSR count). The van der Waals surface area contributed by atoms with Gasteiger partial charge in [-0.15, -0.1) is 0 Å². The molecule has 2 nitrogen and oxygen atoms in total. The first-order valence-corrected chi connectivity index (χ1v) is 8.78. The molecule has 0 amide bonds. The van der Waals surface area contributed by atoms with Crippen LogP contribution in [0.4, 0.5) is 5.69 Å². The molecule has 3 unspecified atom stereocenters. The second kappa shape index (κ2) is 6.39. The van der Waals surface area contributed by atoms with Crippen LogP contribution in [0.3, 0.4) is 0 Å².